The number of hydrogen-bond acceptors (Lipinski definition) is 5. The molecule has 6 heteroatoms. The van der Waals surface area contributed by atoms with Crippen LogP contribution in [0.1, 0.15) is 5.89 Å². The van der Waals surface area contributed by atoms with E-state index in [-0.39, 0.29) is 6.54 Å². The van der Waals surface area contributed by atoms with Crippen molar-refractivity contribution in [2.45, 2.75) is 11.4 Å². The number of hydrogen-bond donors (Lipinski definition) is 1. The van der Waals surface area contributed by atoms with Gasteiger partial charge in [-0.15, -0.1) is 11.8 Å². The summed E-state index contributed by atoms with van der Waals surface area (Å²) < 4.78 is 5.98. The highest BCUT2D eigenvalue weighted by Gasteiger charge is 2.11. The van der Waals surface area contributed by atoms with Crippen LogP contribution in [0.5, 0.6) is 0 Å². The smallest absolute Gasteiger partial charge is 0.240 e. The number of rotatable bonds is 3. The van der Waals surface area contributed by atoms with Crippen molar-refractivity contribution in [2.24, 2.45) is 5.73 Å². The molecule has 1 aromatic heterocycles. The Bertz CT molecular complexity index is 501. The summed E-state index contributed by atoms with van der Waals surface area (Å²) >= 11 is 5.07. The molecule has 0 spiro atoms. The molecule has 0 fully saturated rings. The van der Waals surface area contributed by atoms with Crippen molar-refractivity contribution < 1.29 is 4.52 Å². The van der Waals surface area contributed by atoms with Crippen LogP contribution in [0, 0.1) is 0 Å². The van der Waals surface area contributed by atoms with E-state index in [1.165, 1.54) is 0 Å². The largest absolute Gasteiger partial charge is 0.338 e. The lowest BCUT2D eigenvalue weighted by Crippen LogP contribution is -1.95. The van der Waals surface area contributed by atoms with Gasteiger partial charge in [0.2, 0.25) is 11.7 Å². The van der Waals surface area contributed by atoms with Gasteiger partial charge in [-0.2, -0.15) is 4.98 Å². The van der Waals surface area contributed by atoms with Gasteiger partial charge in [0.25, 0.3) is 0 Å². The fraction of sp³-hybridized carbons (Fsp3) is 0.200. The minimum atomic E-state index is 0.260. The molecule has 84 valence electrons. The van der Waals surface area contributed by atoms with Crippen LogP contribution in [0.25, 0.3) is 11.4 Å². The second kappa shape index (κ2) is 4.99. The topological polar surface area (TPSA) is 64.9 Å². The third-order valence-electron chi connectivity index (χ3n) is 2.05. The summed E-state index contributed by atoms with van der Waals surface area (Å²) in [5, 5.41) is 3.91. The molecule has 0 unspecified atom stereocenters. The highest BCUT2D eigenvalue weighted by Crippen LogP contribution is 2.30. The van der Waals surface area contributed by atoms with Crippen LogP contribution in [0.2, 0.25) is 0 Å². The zero-order chi connectivity index (χ0) is 11.5. The van der Waals surface area contributed by atoms with Crippen molar-refractivity contribution in [3.05, 3.63) is 28.6 Å². The lowest BCUT2D eigenvalue weighted by molar-refractivity contribution is 0.380. The van der Waals surface area contributed by atoms with E-state index >= 15 is 0 Å². The second-order valence-electron chi connectivity index (χ2n) is 3.06. The van der Waals surface area contributed by atoms with Crippen LogP contribution < -0.4 is 5.73 Å². The number of nitrogens with zero attached hydrogens (tertiary/aromatic N) is 2. The Balaban J connectivity index is 2.49. The summed E-state index contributed by atoms with van der Waals surface area (Å²) in [6, 6.07) is 5.97. The molecule has 0 saturated heterocycles. The summed E-state index contributed by atoms with van der Waals surface area (Å²) in [4.78, 5) is 5.32. The average molecular weight is 300 g/mol. The van der Waals surface area contributed by atoms with Crippen molar-refractivity contribution in [2.75, 3.05) is 6.26 Å². The SMILES string of the molecule is CSc1ccc(Br)cc1-c1noc(CN)n1. The van der Waals surface area contributed by atoms with Crippen molar-refractivity contribution in [1.82, 2.24) is 10.1 Å². The molecule has 0 saturated carbocycles. The van der Waals surface area contributed by atoms with Gasteiger partial charge in [-0.25, -0.2) is 0 Å². The zero-order valence-electron chi connectivity index (χ0n) is 8.61. The molecule has 0 aliphatic heterocycles. The Hall–Kier alpha value is -0.850. The van der Waals surface area contributed by atoms with E-state index < -0.39 is 0 Å². The molecular weight excluding hydrogens is 290 g/mol. The van der Waals surface area contributed by atoms with Crippen LogP contribution in [-0.2, 0) is 6.54 Å². The summed E-state index contributed by atoms with van der Waals surface area (Å²) in [6.45, 7) is 0.260. The second-order valence-corrected chi connectivity index (χ2v) is 4.82. The van der Waals surface area contributed by atoms with Crippen LogP contribution >= 0.6 is 27.7 Å². The molecule has 16 heavy (non-hydrogen) atoms. The van der Waals surface area contributed by atoms with Gasteiger partial charge in [-0.05, 0) is 24.5 Å². The van der Waals surface area contributed by atoms with E-state index in [1.54, 1.807) is 11.8 Å². The molecule has 4 nitrogen and oxygen atoms in total. The predicted octanol–water partition coefficient (Wildman–Crippen LogP) is 2.68. The summed E-state index contributed by atoms with van der Waals surface area (Å²) in [6.07, 6.45) is 2.01. The van der Waals surface area contributed by atoms with Crippen molar-refractivity contribution >= 4 is 27.7 Å². The molecular formula is C10H10BrN3OS. The normalized spacial score (nSPS) is 10.7. The molecule has 2 N–H and O–H groups in total. The number of halogens is 1. The lowest BCUT2D eigenvalue weighted by Gasteiger charge is -2.03. The molecule has 1 heterocycles. The Morgan fingerprint density at radius 2 is 2.31 bits per heavy atom. The number of thioether (sulfide) groups is 1. The first-order chi connectivity index (χ1) is 7.74. The molecule has 2 aromatic rings. The standard InChI is InChI=1S/C10H10BrN3OS/c1-16-8-3-2-6(11)4-7(8)10-13-9(5-12)15-14-10/h2-4H,5,12H2,1H3. The average Bonchev–Trinajstić information content (AvgIpc) is 2.77. The maximum atomic E-state index is 5.43. The van der Waals surface area contributed by atoms with Crippen molar-refractivity contribution in [1.29, 1.82) is 0 Å². The molecule has 0 atom stereocenters. The monoisotopic (exact) mass is 299 g/mol. The maximum absolute atomic E-state index is 5.43. The van der Waals surface area contributed by atoms with E-state index in [0.717, 1.165) is 14.9 Å². The Labute approximate surface area is 106 Å². The molecule has 0 amide bonds. The van der Waals surface area contributed by atoms with E-state index in [4.69, 9.17) is 10.3 Å². The highest BCUT2D eigenvalue weighted by molar-refractivity contribution is 9.10. The van der Waals surface area contributed by atoms with Crippen molar-refractivity contribution in [3.63, 3.8) is 0 Å². The van der Waals surface area contributed by atoms with Crippen LogP contribution in [-0.4, -0.2) is 16.4 Å². The van der Waals surface area contributed by atoms with E-state index in [2.05, 4.69) is 26.1 Å². The fourth-order valence-electron chi connectivity index (χ4n) is 1.30. The molecule has 0 aliphatic carbocycles. The third kappa shape index (κ3) is 2.28. The lowest BCUT2D eigenvalue weighted by atomic mass is 10.2. The Morgan fingerprint density at radius 3 is 2.94 bits per heavy atom. The van der Waals surface area contributed by atoms with Crippen LogP contribution in [0.4, 0.5) is 0 Å². The van der Waals surface area contributed by atoms with Gasteiger partial charge < -0.3 is 10.3 Å². The molecule has 2 rings (SSSR count). The minimum absolute atomic E-state index is 0.260. The molecule has 0 radical (unpaired) electrons. The first-order valence-corrected chi connectivity index (χ1v) is 6.63. The third-order valence-corrected chi connectivity index (χ3v) is 3.33. The van der Waals surface area contributed by atoms with E-state index in [0.29, 0.717) is 11.7 Å². The molecule has 0 bridgehead atoms. The van der Waals surface area contributed by atoms with Gasteiger partial charge >= 0.3 is 0 Å². The van der Waals surface area contributed by atoms with Gasteiger partial charge in [-0.3, -0.25) is 0 Å². The van der Waals surface area contributed by atoms with E-state index in [9.17, 15) is 0 Å². The highest BCUT2D eigenvalue weighted by atomic mass is 79.9. The quantitative estimate of drug-likeness (QED) is 0.883. The summed E-state index contributed by atoms with van der Waals surface area (Å²) in [5.41, 5.74) is 6.38. The Kier molecular flexibility index (Phi) is 3.63. The molecule has 0 aliphatic rings. The van der Waals surface area contributed by atoms with E-state index in [1.807, 2.05) is 24.5 Å². The van der Waals surface area contributed by atoms with Gasteiger partial charge in [0.05, 0.1) is 6.54 Å². The number of benzene rings is 1. The predicted molar refractivity (Wildman–Crippen MR) is 67.1 cm³/mol. The Morgan fingerprint density at radius 1 is 1.50 bits per heavy atom. The minimum Gasteiger partial charge on any atom is -0.338 e. The van der Waals surface area contributed by atoms with Gasteiger partial charge in [0, 0.05) is 14.9 Å². The summed E-state index contributed by atoms with van der Waals surface area (Å²) in [7, 11) is 0. The first-order valence-electron chi connectivity index (χ1n) is 4.61. The number of aromatic nitrogens is 2. The first kappa shape index (κ1) is 11.6. The van der Waals surface area contributed by atoms with Crippen LogP contribution in [0.15, 0.2) is 32.1 Å². The maximum Gasteiger partial charge on any atom is 0.240 e. The van der Waals surface area contributed by atoms with Crippen LogP contribution in [0.3, 0.4) is 0 Å². The number of nitrogens with two attached hydrogens (primary N) is 1. The van der Waals surface area contributed by atoms with Gasteiger partial charge in [-0.1, -0.05) is 21.1 Å². The van der Waals surface area contributed by atoms with Gasteiger partial charge in [0.15, 0.2) is 0 Å². The van der Waals surface area contributed by atoms with Gasteiger partial charge in [0.1, 0.15) is 0 Å². The molecule has 1 aromatic carbocycles. The van der Waals surface area contributed by atoms with Crippen molar-refractivity contribution in [3.8, 4) is 11.4 Å². The zero-order valence-corrected chi connectivity index (χ0v) is 11.0. The summed E-state index contributed by atoms with van der Waals surface area (Å²) in [5.74, 6) is 1.02. The fourth-order valence-corrected chi connectivity index (χ4v) is 2.24.